The van der Waals surface area contributed by atoms with Crippen molar-refractivity contribution in [3.05, 3.63) is 96.8 Å². The van der Waals surface area contributed by atoms with Gasteiger partial charge in [0.2, 0.25) is 0 Å². The summed E-state index contributed by atoms with van der Waals surface area (Å²) in [6.07, 6.45) is 3.62. The van der Waals surface area contributed by atoms with Crippen molar-refractivity contribution >= 4 is 11.3 Å². The third kappa shape index (κ3) is 4.16. The quantitative estimate of drug-likeness (QED) is 0.381. The average Bonchev–Trinajstić information content (AvgIpc) is 3.21. The van der Waals surface area contributed by atoms with Gasteiger partial charge in [-0.05, 0) is 56.1 Å². The fourth-order valence-electron chi connectivity index (χ4n) is 3.98. The predicted octanol–water partition coefficient (Wildman–Crippen LogP) is 5.50. The minimum absolute atomic E-state index is 0.445. The van der Waals surface area contributed by atoms with Crippen LogP contribution in [0.4, 0.5) is 5.82 Å². The first-order chi connectivity index (χ1) is 16.1. The summed E-state index contributed by atoms with van der Waals surface area (Å²) in [6, 6.07) is 26.0. The van der Waals surface area contributed by atoms with Gasteiger partial charge >= 0.3 is 0 Å². The second-order valence-corrected chi connectivity index (χ2v) is 8.15. The number of rotatable bonds is 6. The van der Waals surface area contributed by atoms with Crippen LogP contribution in [-0.4, -0.2) is 33.4 Å². The van der Waals surface area contributed by atoms with E-state index in [2.05, 4.69) is 42.2 Å². The van der Waals surface area contributed by atoms with Gasteiger partial charge in [0.25, 0.3) is 0 Å². The second-order valence-electron chi connectivity index (χ2n) is 8.15. The van der Waals surface area contributed by atoms with Crippen LogP contribution in [0.3, 0.4) is 0 Å². The molecule has 0 saturated heterocycles. The highest BCUT2D eigenvalue weighted by Crippen LogP contribution is 2.34. The molecule has 6 nitrogen and oxygen atoms in total. The fourth-order valence-corrected chi connectivity index (χ4v) is 3.98. The topological polar surface area (TPSA) is 68.7 Å². The number of nitrogen functional groups attached to an aromatic ring is 1. The maximum atomic E-state index is 6.33. The Hall–Kier alpha value is -4.16. The summed E-state index contributed by atoms with van der Waals surface area (Å²) in [5.41, 5.74) is 11.1. The summed E-state index contributed by atoms with van der Waals surface area (Å²) in [4.78, 5) is 11.5. The Labute approximate surface area is 192 Å². The highest BCUT2D eigenvalue weighted by atomic mass is 16.5. The molecule has 33 heavy (non-hydrogen) atoms. The number of anilines is 1. The number of para-hydroxylation sites is 1. The van der Waals surface area contributed by atoms with Gasteiger partial charge in [-0.1, -0.05) is 42.5 Å². The van der Waals surface area contributed by atoms with Crippen LogP contribution in [0.15, 0.2) is 91.3 Å². The molecule has 0 atom stereocenters. The number of nitrogens with two attached hydrogens (primary N) is 1. The highest BCUT2D eigenvalue weighted by Gasteiger charge is 2.19. The van der Waals surface area contributed by atoms with Crippen LogP contribution in [0.2, 0.25) is 0 Å². The molecule has 0 saturated carbocycles. The Bertz CT molecular complexity index is 1390. The molecule has 0 amide bonds. The SMILES string of the molecule is CN(C)Cc1ccccc1-c1nc(-c2ccc(Oc3ccccc3)cc2)c2c(N)nccn12. The van der Waals surface area contributed by atoms with E-state index in [0.29, 0.717) is 5.82 Å². The number of benzene rings is 3. The molecule has 6 heteroatoms. The first kappa shape index (κ1) is 20.7. The Kier molecular flexibility index (Phi) is 5.50. The predicted molar refractivity (Wildman–Crippen MR) is 132 cm³/mol. The fraction of sp³-hybridized carbons (Fsp3) is 0.111. The number of fused-ring (bicyclic) bond motifs is 1. The molecular formula is C27H25N5O. The van der Waals surface area contributed by atoms with Crippen LogP contribution < -0.4 is 10.5 Å². The Morgan fingerprint density at radius 1 is 0.879 bits per heavy atom. The van der Waals surface area contributed by atoms with Crippen molar-refractivity contribution in [2.45, 2.75) is 6.54 Å². The normalized spacial score (nSPS) is 11.2. The number of hydrogen-bond acceptors (Lipinski definition) is 5. The Morgan fingerprint density at radius 3 is 2.33 bits per heavy atom. The monoisotopic (exact) mass is 435 g/mol. The van der Waals surface area contributed by atoms with Gasteiger partial charge in [-0.25, -0.2) is 9.97 Å². The largest absolute Gasteiger partial charge is 0.457 e. The lowest BCUT2D eigenvalue weighted by molar-refractivity contribution is 0.403. The maximum absolute atomic E-state index is 6.33. The van der Waals surface area contributed by atoms with Crippen molar-refractivity contribution in [1.29, 1.82) is 0 Å². The third-order valence-electron chi connectivity index (χ3n) is 5.43. The first-order valence-electron chi connectivity index (χ1n) is 10.8. The number of hydrogen-bond donors (Lipinski definition) is 1. The van der Waals surface area contributed by atoms with Crippen molar-refractivity contribution in [1.82, 2.24) is 19.3 Å². The molecule has 5 aromatic rings. The summed E-state index contributed by atoms with van der Waals surface area (Å²) in [5.74, 6) is 2.85. The van der Waals surface area contributed by atoms with Crippen LogP contribution in [0, 0.1) is 0 Å². The molecule has 0 aliphatic heterocycles. The van der Waals surface area contributed by atoms with Gasteiger partial charge in [0.05, 0.1) is 0 Å². The lowest BCUT2D eigenvalue weighted by Crippen LogP contribution is -2.11. The highest BCUT2D eigenvalue weighted by molar-refractivity contribution is 5.88. The van der Waals surface area contributed by atoms with E-state index in [4.69, 9.17) is 15.5 Å². The van der Waals surface area contributed by atoms with Gasteiger partial charge in [0.1, 0.15) is 34.4 Å². The zero-order valence-corrected chi connectivity index (χ0v) is 18.6. The molecule has 2 heterocycles. The second kappa shape index (κ2) is 8.76. The van der Waals surface area contributed by atoms with Gasteiger partial charge in [-0.2, -0.15) is 0 Å². The van der Waals surface area contributed by atoms with Crippen LogP contribution in [-0.2, 0) is 6.54 Å². The van der Waals surface area contributed by atoms with Gasteiger partial charge in [-0.15, -0.1) is 0 Å². The van der Waals surface area contributed by atoms with E-state index in [0.717, 1.165) is 46.2 Å². The van der Waals surface area contributed by atoms with E-state index in [1.54, 1.807) is 6.20 Å². The van der Waals surface area contributed by atoms with Gasteiger partial charge < -0.3 is 15.4 Å². The third-order valence-corrected chi connectivity index (χ3v) is 5.43. The zero-order chi connectivity index (χ0) is 22.8. The minimum Gasteiger partial charge on any atom is -0.457 e. The van der Waals surface area contributed by atoms with Crippen molar-refractivity contribution < 1.29 is 4.74 Å². The van der Waals surface area contributed by atoms with E-state index < -0.39 is 0 Å². The standard InChI is InChI=1S/C27H25N5O/c1-31(2)18-20-8-6-7-11-23(20)27-30-24(25-26(28)29-16-17-32(25)27)19-12-14-22(15-13-19)33-21-9-4-3-5-10-21/h3-17H,18H2,1-2H3,(H2,28,29). The van der Waals surface area contributed by atoms with Crippen LogP contribution in [0.1, 0.15) is 5.56 Å². The molecule has 0 unspecified atom stereocenters. The minimum atomic E-state index is 0.445. The number of nitrogens with zero attached hydrogens (tertiary/aromatic N) is 4. The molecule has 0 fully saturated rings. The number of aromatic nitrogens is 3. The smallest absolute Gasteiger partial charge is 0.150 e. The van der Waals surface area contributed by atoms with Crippen LogP contribution >= 0.6 is 0 Å². The zero-order valence-electron chi connectivity index (χ0n) is 18.6. The van der Waals surface area contributed by atoms with Crippen molar-refractivity contribution in [2.24, 2.45) is 0 Å². The van der Waals surface area contributed by atoms with Crippen molar-refractivity contribution in [2.75, 3.05) is 19.8 Å². The Balaban J connectivity index is 1.59. The molecule has 0 bridgehead atoms. The van der Waals surface area contributed by atoms with E-state index in [9.17, 15) is 0 Å². The molecule has 0 radical (unpaired) electrons. The molecule has 3 aromatic carbocycles. The first-order valence-corrected chi connectivity index (χ1v) is 10.8. The van der Waals surface area contributed by atoms with Gasteiger partial charge in [-0.3, -0.25) is 4.40 Å². The average molecular weight is 436 g/mol. The molecule has 0 aliphatic rings. The molecule has 0 spiro atoms. The molecule has 0 aliphatic carbocycles. The molecule has 164 valence electrons. The number of ether oxygens (including phenoxy) is 1. The molecule has 2 aromatic heterocycles. The summed E-state index contributed by atoms with van der Waals surface area (Å²) >= 11 is 0. The van der Waals surface area contributed by atoms with Crippen LogP contribution in [0.5, 0.6) is 11.5 Å². The van der Waals surface area contributed by atoms with Gasteiger partial charge in [0, 0.05) is 30.1 Å². The van der Waals surface area contributed by atoms with E-state index in [1.165, 1.54) is 5.56 Å². The lowest BCUT2D eigenvalue weighted by Gasteiger charge is -2.13. The summed E-state index contributed by atoms with van der Waals surface area (Å²) in [6.45, 7) is 0.812. The van der Waals surface area contributed by atoms with Gasteiger partial charge in [0.15, 0.2) is 0 Å². The van der Waals surface area contributed by atoms with Crippen molar-refractivity contribution in [3.8, 4) is 34.1 Å². The van der Waals surface area contributed by atoms with Crippen LogP contribution in [0.25, 0.3) is 28.2 Å². The van der Waals surface area contributed by atoms with E-state index >= 15 is 0 Å². The molecule has 2 N–H and O–H groups in total. The van der Waals surface area contributed by atoms with Crippen molar-refractivity contribution in [3.63, 3.8) is 0 Å². The lowest BCUT2D eigenvalue weighted by atomic mass is 10.1. The number of imidazole rings is 1. The summed E-state index contributed by atoms with van der Waals surface area (Å²) < 4.78 is 7.97. The van der Waals surface area contributed by atoms with E-state index in [-0.39, 0.29) is 0 Å². The molecule has 5 rings (SSSR count). The Morgan fingerprint density at radius 2 is 1.58 bits per heavy atom. The maximum Gasteiger partial charge on any atom is 0.150 e. The summed E-state index contributed by atoms with van der Waals surface area (Å²) in [7, 11) is 4.12. The summed E-state index contributed by atoms with van der Waals surface area (Å²) in [5, 5.41) is 0. The van der Waals surface area contributed by atoms with E-state index in [1.807, 2.05) is 71.3 Å². The molecular weight excluding hydrogens is 410 g/mol.